The monoisotopic (exact) mass is 439 g/mol. The molecule has 0 saturated heterocycles. The van der Waals surface area contributed by atoms with Gasteiger partial charge in [0.1, 0.15) is 12.2 Å². The van der Waals surface area contributed by atoms with Crippen molar-refractivity contribution in [3.63, 3.8) is 0 Å². The summed E-state index contributed by atoms with van der Waals surface area (Å²) < 4.78 is 1.66. The van der Waals surface area contributed by atoms with Crippen molar-refractivity contribution in [3.8, 4) is 5.82 Å². The van der Waals surface area contributed by atoms with Crippen LogP contribution in [-0.4, -0.2) is 44.6 Å². The van der Waals surface area contributed by atoms with Crippen LogP contribution in [0.3, 0.4) is 0 Å². The Bertz CT molecular complexity index is 1110. The molecule has 0 bridgehead atoms. The van der Waals surface area contributed by atoms with E-state index in [0.29, 0.717) is 18.8 Å². The fourth-order valence-electron chi connectivity index (χ4n) is 3.31. The smallest absolute Gasteiger partial charge is 0.274 e. The van der Waals surface area contributed by atoms with E-state index in [9.17, 15) is 9.59 Å². The Balaban J connectivity index is 1.84. The Labute approximate surface area is 187 Å². The third kappa shape index (κ3) is 5.30. The van der Waals surface area contributed by atoms with Crippen LogP contribution in [0.15, 0.2) is 42.5 Å². The van der Waals surface area contributed by atoms with Crippen LogP contribution < -0.4 is 5.32 Å². The molecule has 0 aliphatic heterocycles. The number of nitrogens with one attached hydrogen (secondary N) is 1. The summed E-state index contributed by atoms with van der Waals surface area (Å²) >= 11 is 6.31. The standard InChI is InChI=1S/C23H26ClN5O2/c1-5-12-28(14-21(30)25-19-9-7-6-8-15(19)2)23(31)22-18(24)10-11-20(26-22)29-17(4)13-16(3)27-29/h6-11,13H,5,12,14H2,1-4H3,(H,25,30). The minimum Gasteiger partial charge on any atom is -0.328 e. The minimum atomic E-state index is -0.393. The lowest BCUT2D eigenvalue weighted by Gasteiger charge is -2.22. The number of rotatable bonds is 7. The highest BCUT2D eigenvalue weighted by molar-refractivity contribution is 6.33. The summed E-state index contributed by atoms with van der Waals surface area (Å²) in [6.45, 7) is 7.98. The van der Waals surface area contributed by atoms with Gasteiger partial charge >= 0.3 is 0 Å². The highest BCUT2D eigenvalue weighted by atomic mass is 35.5. The summed E-state index contributed by atoms with van der Waals surface area (Å²) in [4.78, 5) is 31.8. The van der Waals surface area contributed by atoms with Gasteiger partial charge in [0.05, 0.1) is 10.7 Å². The van der Waals surface area contributed by atoms with Gasteiger partial charge < -0.3 is 10.2 Å². The number of carbonyl (C=O) groups is 2. The number of pyridine rings is 1. The van der Waals surface area contributed by atoms with E-state index in [1.165, 1.54) is 4.90 Å². The largest absolute Gasteiger partial charge is 0.328 e. The second-order valence-electron chi connectivity index (χ2n) is 7.43. The molecule has 2 aromatic heterocycles. The number of benzene rings is 1. The van der Waals surface area contributed by atoms with Crippen LogP contribution in [0.4, 0.5) is 5.69 Å². The number of nitrogens with zero attached hydrogens (tertiary/aromatic N) is 4. The first kappa shape index (κ1) is 22.5. The lowest BCUT2D eigenvalue weighted by atomic mass is 10.2. The van der Waals surface area contributed by atoms with Crippen LogP contribution >= 0.6 is 11.6 Å². The van der Waals surface area contributed by atoms with Crippen molar-refractivity contribution >= 4 is 29.1 Å². The molecule has 8 heteroatoms. The third-order valence-corrected chi connectivity index (χ3v) is 5.10. The van der Waals surface area contributed by atoms with E-state index in [1.54, 1.807) is 16.8 Å². The molecule has 3 aromatic rings. The van der Waals surface area contributed by atoms with Crippen LogP contribution in [0.25, 0.3) is 5.82 Å². The third-order valence-electron chi connectivity index (χ3n) is 4.79. The molecule has 0 radical (unpaired) electrons. The lowest BCUT2D eigenvalue weighted by molar-refractivity contribution is -0.116. The van der Waals surface area contributed by atoms with Gasteiger partial charge in [-0.05, 0) is 57.0 Å². The molecule has 0 unspecified atom stereocenters. The molecule has 31 heavy (non-hydrogen) atoms. The van der Waals surface area contributed by atoms with Crippen molar-refractivity contribution in [2.24, 2.45) is 0 Å². The van der Waals surface area contributed by atoms with Gasteiger partial charge in [-0.25, -0.2) is 9.67 Å². The Morgan fingerprint density at radius 1 is 1.13 bits per heavy atom. The Morgan fingerprint density at radius 2 is 1.87 bits per heavy atom. The number of aromatic nitrogens is 3. The van der Waals surface area contributed by atoms with Crippen molar-refractivity contribution in [1.29, 1.82) is 0 Å². The number of anilines is 1. The molecule has 1 aromatic carbocycles. The van der Waals surface area contributed by atoms with Crippen LogP contribution in [0.2, 0.25) is 5.02 Å². The molecule has 1 N–H and O–H groups in total. The summed E-state index contributed by atoms with van der Waals surface area (Å²) in [5.41, 5.74) is 3.52. The van der Waals surface area contributed by atoms with E-state index in [-0.39, 0.29) is 23.2 Å². The van der Waals surface area contributed by atoms with Gasteiger partial charge in [-0.2, -0.15) is 5.10 Å². The van der Waals surface area contributed by atoms with E-state index in [0.717, 1.165) is 22.6 Å². The molecular formula is C23H26ClN5O2. The molecule has 0 atom stereocenters. The van der Waals surface area contributed by atoms with Gasteiger partial charge in [0, 0.05) is 17.9 Å². The fraction of sp³-hybridized carbons (Fsp3) is 0.304. The predicted molar refractivity (Wildman–Crippen MR) is 122 cm³/mol. The topological polar surface area (TPSA) is 80.1 Å². The number of hydrogen-bond donors (Lipinski definition) is 1. The van der Waals surface area contributed by atoms with Gasteiger partial charge in [0.25, 0.3) is 5.91 Å². The van der Waals surface area contributed by atoms with Crippen LogP contribution in [0.5, 0.6) is 0 Å². The second kappa shape index (κ2) is 9.75. The highest BCUT2D eigenvalue weighted by Crippen LogP contribution is 2.20. The summed E-state index contributed by atoms with van der Waals surface area (Å²) in [7, 11) is 0. The molecule has 7 nitrogen and oxygen atoms in total. The van der Waals surface area contributed by atoms with E-state index in [1.807, 2.05) is 58.0 Å². The maximum atomic E-state index is 13.3. The van der Waals surface area contributed by atoms with Crippen LogP contribution in [-0.2, 0) is 4.79 Å². The molecule has 0 fully saturated rings. The average molecular weight is 440 g/mol. The average Bonchev–Trinajstić information content (AvgIpc) is 3.07. The van der Waals surface area contributed by atoms with Crippen molar-refractivity contribution in [1.82, 2.24) is 19.7 Å². The zero-order valence-electron chi connectivity index (χ0n) is 18.1. The van der Waals surface area contributed by atoms with Crippen molar-refractivity contribution in [3.05, 3.63) is 70.1 Å². The summed E-state index contributed by atoms with van der Waals surface area (Å²) in [6.07, 6.45) is 0.693. The zero-order chi connectivity index (χ0) is 22.5. The molecule has 2 amide bonds. The van der Waals surface area contributed by atoms with E-state index in [2.05, 4.69) is 15.4 Å². The SMILES string of the molecule is CCCN(CC(=O)Nc1ccccc1C)C(=O)c1nc(-n2nc(C)cc2C)ccc1Cl. The van der Waals surface area contributed by atoms with Gasteiger partial charge in [0.15, 0.2) is 5.82 Å². The molecule has 2 heterocycles. The predicted octanol–water partition coefficient (Wildman–Crippen LogP) is 4.34. The summed E-state index contributed by atoms with van der Waals surface area (Å²) in [5.74, 6) is -0.170. The molecular weight excluding hydrogens is 414 g/mol. The number of amides is 2. The van der Waals surface area contributed by atoms with Crippen molar-refractivity contribution < 1.29 is 9.59 Å². The molecule has 0 spiro atoms. The van der Waals surface area contributed by atoms with E-state index < -0.39 is 5.91 Å². The van der Waals surface area contributed by atoms with E-state index >= 15 is 0 Å². The number of hydrogen-bond acceptors (Lipinski definition) is 4. The number of carbonyl (C=O) groups excluding carboxylic acids is 2. The quantitative estimate of drug-likeness (QED) is 0.594. The van der Waals surface area contributed by atoms with Gasteiger partial charge in [-0.1, -0.05) is 36.7 Å². The Hall–Kier alpha value is -3.19. The fourth-order valence-corrected chi connectivity index (χ4v) is 3.50. The van der Waals surface area contributed by atoms with Gasteiger partial charge in [0.2, 0.25) is 5.91 Å². The maximum absolute atomic E-state index is 13.3. The normalized spacial score (nSPS) is 10.7. The van der Waals surface area contributed by atoms with Crippen LogP contribution in [0, 0.1) is 20.8 Å². The zero-order valence-corrected chi connectivity index (χ0v) is 18.9. The van der Waals surface area contributed by atoms with Gasteiger partial charge in [-0.15, -0.1) is 0 Å². The molecule has 0 saturated carbocycles. The first-order chi connectivity index (χ1) is 14.8. The molecule has 3 rings (SSSR count). The molecule has 162 valence electrons. The number of para-hydroxylation sites is 1. The lowest BCUT2D eigenvalue weighted by Crippen LogP contribution is -2.39. The van der Waals surface area contributed by atoms with Crippen molar-refractivity contribution in [2.75, 3.05) is 18.4 Å². The first-order valence-corrected chi connectivity index (χ1v) is 10.5. The number of aryl methyl sites for hydroxylation is 3. The Morgan fingerprint density at radius 3 is 2.52 bits per heavy atom. The van der Waals surface area contributed by atoms with E-state index in [4.69, 9.17) is 11.6 Å². The maximum Gasteiger partial charge on any atom is 0.274 e. The second-order valence-corrected chi connectivity index (χ2v) is 7.84. The molecule has 0 aliphatic rings. The Kier molecular flexibility index (Phi) is 7.07. The van der Waals surface area contributed by atoms with Crippen molar-refractivity contribution in [2.45, 2.75) is 34.1 Å². The summed E-state index contributed by atoms with van der Waals surface area (Å²) in [6, 6.07) is 12.8. The summed E-state index contributed by atoms with van der Waals surface area (Å²) in [5, 5.41) is 7.52. The van der Waals surface area contributed by atoms with Crippen LogP contribution in [0.1, 0.15) is 40.8 Å². The van der Waals surface area contributed by atoms with Gasteiger partial charge in [-0.3, -0.25) is 9.59 Å². The highest BCUT2D eigenvalue weighted by Gasteiger charge is 2.23. The molecule has 0 aliphatic carbocycles. The first-order valence-electron chi connectivity index (χ1n) is 10.1. The minimum absolute atomic E-state index is 0.0941. The number of halogens is 1.